The van der Waals surface area contributed by atoms with E-state index in [0.717, 1.165) is 51.5 Å². The van der Waals surface area contributed by atoms with Gasteiger partial charge in [0.2, 0.25) is 11.8 Å². The van der Waals surface area contributed by atoms with Gasteiger partial charge in [-0.15, -0.1) is 0 Å². The molecule has 1 saturated carbocycles. The highest BCUT2D eigenvalue weighted by Gasteiger charge is 2.52. The molecule has 1 N–H and O–H groups in total. The summed E-state index contributed by atoms with van der Waals surface area (Å²) in [5, 5.41) is 2.94. The van der Waals surface area contributed by atoms with Gasteiger partial charge in [-0.25, -0.2) is 0 Å². The summed E-state index contributed by atoms with van der Waals surface area (Å²) in [5.41, 5.74) is -0.517. The molecule has 4 heteroatoms. The number of amides is 2. The van der Waals surface area contributed by atoms with E-state index in [1.165, 1.54) is 0 Å². The van der Waals surface area contributed by atoms with Crippen LogP contribution in [0.25, 0.3) is 0 Å². The van der Waals surface area contributed by atoms with Gasteiger partial charge in [-0.2, -0.15) is 0 Å². The summed E-state index contributed by atoms with van der Waals surface area (Å²) in [6, 6.07) is -0.305. The Hall–Kier alpha value is -1.06. The Morgan fingerprint density at radius 2 is 1.89 bits per heavy atom. The minimum atomic E-state index is -0.517. The molecule has 2 amide bonds. The zero-order chi connectivity index (χ0) is 13.9. The van der Waals surface area contributed by atoms with Crippen LogP contribution in [0.1, 0.15) is 65.2 Å². The quantitative estimate of drug-likeness (QED) is 0.776. The van der Waals surface area contributed by atoms with Gasteiger partial charge in [0.05, 0.1) is 0 Å². The van der Waals surface area contributed by atoms with Crippen LogP contribution < -0.4 is 5.32 Å². The van der Waals surface area contributed by atoms with Crippen molar-refractivity contribution >= 4 is 11.8 Å². The van der Waals surface area contributed by atoms with Gasteiger partial charge in [0.15, 0.2) is 0 Å². The summed E-state index contributed by atoms with van der Waals surface area (Å²) in [6.45, 7) is 4.86. The summed E-state index contributed by atoms with van der Waals surface area (Å²) in [4.78, 5) is 27.0. The molecule has 19 heavy (non-hydrogen) atoms. The maximum Gasteiger partial charge on any atom is 0.246 e. The number of piperazine rings is 1. The molecular weight excluding hydrogens is 240 g/mol. The fourth-order valence-electron chi connectivity index (χ4n) is 3.45. The topological polar surface area (TPSA) is 49.4 Å². The Morgan fingerprint density at radius 1 is 1.21 bits per heavy atom. The van der Waals surface area contributed by atoms with Gasteiger partial charge >= 0.3 is 0 Å². The van der Waals surface area contributed by atoms with Crippen LogP contribution in [0.2, 0.25) is 0 Å². The van der Waals surface area contributed by atoms with E-state index in [1.54, 1.807) is 0 Å². The fraction of sp³-hybridized carbons (Fsp3) is 0.867. The Morgan fingerprint density at radius 3 is 2.47 bits per heavy atom. The van der Waals surface area contributed by atoms with Crippen LogP contribution in [0.15, 0.2) is 0 Å². The Kier molecular flexibility index (Phi) is 4.48. The molecule has 2 rings (SSSR count). The van der Waals surface area contributed by atoms with Crippen LogP contribution in [0.4, 0.5) is 0 Å². The van der Waals surface area contributed by atoms with Crippen LogP contribution >= 0.6 is 0 Å². The largest absolute Gasteiger partial charge is 0.342 e. The van der Waals surface area contributed by atoms with Crippen molar-refractivity contribution < 1.29 is 9.59 Å². The second-order valence-corrected chi connectivity index (χ2v) is 5.87. The molecule has 1 unspecified atom stereocenters. The van der Waals surface area contributed by atoms with E-state index < -0.39 is 5.54 Å². The molecule has 0 aromatic rings. The molecule has 0 aromatic carbocycles. The number of hydrogen-bond donors (Lipinski definition) is 1. The molecule has 0 radical (unpaired) electrons. The number of unbranched alkanes of at least 4 members (excludes halogenated alkanes) is 2. The number of nitrogens with one attached hydrogen (secondary N) is 1. The molecule has 1 spiro atoms. The molecule has 1 atom stereocenters. The summed E-state index contributed by atoms with van der Waals surface area (Å²) in [6.07, 6.45) is 7.75. The predicted octanol–water partition coefficient (Wildman–Crippen LogP) is 2.23. The monoisotopic (exact) mass is 266 g/mol. The first kappa shape index (κ1) is 14.4. The molecule has 1 aliphatic heterocycles. The van der Waals surface area contributed by atoms with Crippen LogP contribution in [0.3, 0.4) is 0 Å². The third-order valence-electron chi connectivity index (χ3n) is 4.63. The highest BCUT2D eigenvalue weighted by Crippen LogP contribution is 2.38. The Balaban J connectivity index is 2.18. The average molecular weight is 266 g/mol. The Labute approximate surface area is 115 Å². The van der Waals surface area contributed by atoms with Gasteiger partial charge in [0.25, 0.3) is 0 Å². The molecule has 1 aliphatic carbocycles. The summed E-state index contributed by atoms with van der Waals surface area (Å²) < 4.78 is 0. The maximum atomic E-state index is 12.6. The molecule has 2 aliphatic rings. The lowest BCUT2D eigenvalue weighted by Crippen LogP contribution is -2.69. The van der Waals surface area contributed by atoms with E-state index in [0.29, 0.717) is 6.42 Å². The third kappa shape index (κ3) is 2.49. The highest BCUT2D eigenvalue weighted by atomic mass is 16.2. The van der Waals surface area contributed by atoms with E-state index in [-0.39, 0.29) is 17.9 Å². The van der Waals surface area contributed by atoms with Gasteiger partial charge in [-0.1, -0.05) is 39.5 Å². The number of carbonyl (C=O) groups is 2. The van der Waals surface area contributed by atoms with Crippen LogP contribution in [0, 0.1) is 0 Å². The van der Waals surface area contributed by atoms with Gasteiger partial charge in [-0.3, -0.25) is 9.59 Å². The minimum Gasteiger partial charge on any atom is -0.342 e. The zero-order valence-electron chi connectivity index (χ0n) is 12.2. The maximum absolute atomic E-state index is 12.6. The summed E-state index contributed by atoms with van der Waals surface area (Å²) in [5.74, 6) is 0.230. The SMILES string of the molecule is CCCCCN1C(=O)C(CC)NC(=O)C12CCCC2. The van der Waals surface area contributed by atoms with Gasteiger partial charge < -0.3 is 10.2 Å². The van der Waals surface area contributed by atoms with Gasteiger partial charge in [0, 0.05) is 6.54 Å². The van der Waals surface area contributed by atoms with E-state index in [4.69, 9.17) is 0 Å². The van der Waals surface area contributed by atoms with Crippen molar-refractivity contribution in [2.24, 2.45) is 0 Å². The Bertz CT molecular complexity index is 348. The van der Waals surface area contributed by atoms with E-state index >= 15 is 0 Å². The molecule has 2 fully saturated rings. The minimum absolute atomic E-state index is 0.0907. The first-order valence-electron chi connectivity index (χ1n) is 7.78. The molecular formula is C15H26N2O2. The lowest BCUT2D eigenvalue weighted by atomic mass is 9.88. The van der Waals surface area contributed by atoms with E-state index in [1.807, 2.05) is 11.8 Å². The second kappa shape index (κ2) is 5.93. The highest BCUT2D eigenvalue weighted by molar-refractivity contribution is 6.00. The van der Waals surface area contributed by atoms with E-state index in [9.17, 15) is 9.59 Å². The predicted molar refractivity (Wildman–Crippen MR) is 74.7 cm³/mol. The van der Waals surface area contributed by atoms with Gasteiger partial charge in [0.1, 0.15) is 11.6 Å². The molecule has 0 aromatic heterocycles. The van der Waals surface area contributed by atoms with Crippen LogP contribution in [-0.4, -0.2) is 34.8 Å². The van der Waals surface area contributed by atoms with Crippen molar-refractivity contribution in [3.8, 4) is 0 Å². The van der Waals surface area contributed by atoms with Crippen LogP contribution in [0.5, 0.6) is 0 Å². The number of hydrogen-bond acceptors (Lipinski definition) is 2. The third-order valence-corrected chi connectivity index (χ3v) is 4.63. The molecule has 0 bridgehead atoms. The lowest BCUT2D eigenvalue weighted by Gasteiger charge is -2.46. The van der Waals surface area contributed by atoms with Crippen molar-refractivity contribution in [2.75, 3.05) is 6.54 Å². The standard InChI is InChI=1S/C15H26N2O2/c1-3-5-8-11-17-13(18)12(4-2)16-14(19)15(17)9-6-7-10-15/h12H,3-11H2,1-2H3,(H,16,19). The van der Waals surface area contributed by atoms with Gasteiger partial charge in [-0.05, 0) is 25.7 Å². The number of nitrogens with zero attached hydrogens (tertiary/aromatic N) is 1. The fourth-order valence-corrected chi connectivity index (χ4v) is 3.45. The van der Waals surface area contributed by atoms with Crippen molar-refractivity contribution in [1.82, 2.24) is 10.2 Å². The van der Waals surface area contributed by atoms with Crippen molar-refractivity contribution in [3.05, 3.63) is 0 Å². The lowest BCUT2D eigenvalue weighted by molar-refractivity contribution is -0.157. The summed E-state index contributed by atoms with van der Waals surface area (Å²) in [7, 11) is 0. The van der Waals surface area contributed by atoms with Crippen LogP contribution in [-0.2, 0) is 9.59 Å². The van der Waals surface area contributed by atoms with Crippen molar-refractivity contribution in [3.63, 3.8) is 0 Å². The molecule has 108 valence electrons. The molecule has 4 nitrogen and oxygen atoms in total. The molecule has 1 saturated heterocycles. The average Bonchev–Trinajstić information content (AvgIpc) is 2.89. The first-order valence-corrected chi connectivity index (χ1v) is 7.78. The van der Waals surface area contributed by atoms with Crippen molar-refractivity contribution in [2.45, 2.75) is 76.8 Å². The normalized spacial score (nSPS) is 26.0. The summed E-state index contributed by atoms with van der Waals surface area (Å²) >= 11 is 0. The smallest absolute Gasteiger partial charge is 0.246 e. The first-order chi connectivity index (χ1) is 9.15. The second-order valence-electron chi connectivity index (χ2n) is 5.87. The van der Waals surface area contributed by atoms with E-state index in [2.05, 4.69) is 12.2 Å². The van der Waals surface area contributed by atoms with Crippen molar-refractivity contribution in [1.29, 1.82) is 0 Å². The molecule has 1 heterocycles. The zero-order valence-corrected chi connectivity index (χ0v) is 12.2. The number of carbonyl (C=O) groups excluding carboxylic acids is 2. The number of rotatable bonds is 5.